The van der Waals surface area contributed by atoms with Gasteiger partial charge in [-0.2, -0.15) is 0 Å². The van der Waals surface area contributed by atoms with Crippen molar-refractivity contribution in [3.63, 3.8) is 0 Å². The number of benzene rings is 1. The summed E-state index contributed by atoms with van der Waals surface area (Å²) in [5.41, 5.74) is 2.04. The molecule has 1 N–H and O–H groups in total. The summed E-state index contributed by atoms with van der Waals surface area (Å²) < 4.78 is 0.826. The fourth-order valence-corrected chi connectivity index (χ4v) is 3.84. The molecule has 21 heavy (non-hydrogen) atoms. The van der Waals surface area contributed by atoms with E-state index in [-0.39, 0.29) is 11.2 Å². The average Bonchev–Trinajstić information content (AvgIpc) is 2.84. The number of thioether (sulfide) groups is 1. The van der Waals surface area contributed by atoms with Crippen LogP contribution in [0.5, 0.6) is 0 Å². The summed E-state index contributed by atoms with van der Waals surface area (Å²) in [4.78, 5) is 12.3. The van der Waals surface area contributed by atoms with Crippen molar-refractivity contribution in [1.82, 2.24) is 10.2 Å². The van der Waals surface area contributed by atoms with Crippen LogP contribution in [0.4, 0.5) is 5.69 Å². The van der Waals surface area contributed by atoms with Crippen molar-refractivity contribution >= 4 is 34.7 Å². The van der Waals surface area contributed by atoms with E-state index >= 15 is 0 Å². The monoisotopic (exact) mass is 321 g/mol. The number of hydrogen-bond donors (Lipinski definition) is 1. The standard InChI is InChI=1S/C15H19N3OS2/c1-9(2)12-7-5-6-8-13(12)16-14(19)10(3)20-15-18-17-11(4)21-15/h5-10H,1-4H3,(H,16,19)/t10-/m1/s1. The van der Waals surface area contributed by atoms with Gasteiger partial charge in [0.25, 0.3) is 0 Å². The van der Waals surface area contributed by atoms with Crippen LogP contribution in [-0.4, -0.2) is 21.4 Å². The summed E-state index contributed by atoms with van der Waals surface area (Å²) in [5.74, 6) is 0.358. The zero-order valence-corrected chi connectivity index (χ0v) is 14.2. The van der Waals surface area contributed by atoms with Gasteiger partial charge >= 0.3 is 0 Å². The topological polar surface area (TPSA) is 54.9 Å². The maximum absolute atomic E-state index is 12.3. The number of nitrogens with zero attached hydrogens (tertiary/aromatic N) is 2. The van der Waals surface area contributed by atoms with E-state index in [1.807, 2.05) is 38.1 Å². The number of rotatable bonds is 5. The first kappa shape index (κ1) is 16.0. The highest BCUT2D eigenvalue weighted by atomic mass is 32.2. The average molecular weight is 321 g/mol. The molecular formula is C15H19N3OS2. The third kappa shape index (κ3) is 4.28. The van der Waals surface area contributed by atoms with Crippen molar-refractivity contribution in [2.45, 2.75) is 43.2 Å². The number of anilines is 1. The Balaban J connectivity index is 2.04. The van der Waals surface area contributed by atoms with Gasteiger partial charge in [0.15, 0.2) is 4.34 Å². The SMILES string of the molecule is Cc1nnc(S[C@H](C)C(=O)Nc2ccccc2C(C)C)s1. The maximum atomic E-state index is 12.3. The molecule has 4 nitrogen and oxygen atoms in total. The van der Waals surface area contributed by atoms with E-state index in [0.29, 0.717) is 5.92 Å². The lowest BCUT2D eigenvalue weighted by molar-refractivity contribution is -0.115. The number of para-hydroxylation sites is 1. The smallest absolute Gasteiger partial charge is 0.237 e. The number of aromatic nitrogens is 2. The van der Waals surface area contributed by atoms with E-state index in [2.05, 4.69) is 29.4 Å². The van der Waals surface area contributed by atoms with E-state index in [1.165, 1.54) is 23.1 Å². The van der Waals surface area contributed by atoms with Gasteiger partial charge in [0.2, 0.25) is 5.91 Å². The van der Waals surface area contributed by atoms with E-state index in [4.69, 9.17) is 0 Å². The van der Waals surface area contributed by atoms with Gasteiger partial charge in [0.1, 0.15) is 5.01 Å². The predicted octanol–water partition coefficient (Wildman–Crippen LogP) is 4.09. The second kappa shape index (κ2) is 7.04. The highest BCUT2D eigenvalue weighted by Crippen LogP contribution is 2.28. The molecule has 112 valence electrons. The highest BCUT2D eigenvalue weighted by molar-refractivity contribution is 8.02. The van der Waals surface area contributed by atoms with Crippen LogP contribution in [0.25, 0.3) is 0 Å². The van der Waals surface area contributed by atoms with Gasteiger partial charge < -0.3 is 5.32 Å². The first-order valence-corrected chi connectivity index (χ1v) is 8.53. The van der Waals surface area contributed by atoms with Crippen molar-refractivity contribution in [3.05, 3.63) is 34.8 Å². The van der Waals surface area contributed by atoms with Gasteiger partial charge in [-0.05, 0) is 31.4 Å². The second-order valence-electron chi connectivity index (χ2n) is 5.08. The molecule has 1 atom stereocenters. The Bertz CT molecular complexity index is 625. The molecule has 2 rings (SSSR count). The van der Waals surface area contributed by atoms with E-state index in [9.17, 15) is 4.79 Å². The zero-order valence-electron chi connectivity index (χ0n) is 12.6. The number of carbonyl (C=O) groups excluding carboxylic acids is 1. The van der Waals surface area contributed by atoms with E-state index in [1.54, 1.807) is 0 Å². The number of hydrogen-bond acceptors (Lipinski definition) is 5. The number of carbonyl (C=O) groups is 1. The van der Waals surface area contributed by atoms with E-state index < -0.39 is 0 Å². The summed E-state index contributed by atoms with van der Waals surface area (Å²) in [6, 6.07) is 7.92. The van der Waals surface area contributed by atoms with Crippen LogP contribution in [-0.2, 0) is 4.79 Å². The van der Waals surface area contributed by atoms with Gasteiger partial charge in [-0.15, -0.1) is 10.2 Å². The van der Waals surface area contributed by atoms with Crippen LogP contribution in [0.15, 0.2) is 28.6 Å². The molecule has 0 radical (unpaired) electrons. The van der Waals surface area contributed by atoms with Gasteiger partial charge in [-0.3, -0.25) is 4.79 Å². The zero-order chi connectivity index (χ0) is 15.4. The molecule has 0 saturated heterocycles. The summed E-state index contributed by atoms with van der Waals surface area (Å²) in [6.45, 7) is 8.03. The minimum absolute atomic E-state index is 0.0130. The molecule has 1 heterocycles. The van der Waals surface area contributed by atoms with Crippen molar-refractivity contribution in [2.24, 2.45) is 0 Å². The fourth-order valence-electron chi connectivity index (χ4n) is 1.88. The third-order valence-electron chi connectivity index (χ3n) is 2.99. The van der Waals surface area contributed by atoms with Gasteiger partial charge in [-0.25, -0.2) is 0 Å². The quantitative estimate of drug-likeness (QED) is 0.843. The third-order valence-corrected chi connectivity index (χ3v) is 5.02. The number of aryl methyl sites for hydroxylation is 1. The molecule has 0 aliphatic heterocycles. The van der Waals surface area contributed by atoms with Gasteiger partial charge in [0.05, 0.1) is 5.25 Å². The molecule has 0 aliphatic carbocycles. The summed E-state index contributed by atoms with van der Waals surface area (Å²) in [7, 11) is 0. The van der Waals surface area contributed by atoms with Crippen LogP contribution in [0.3, 0.4) is 0 Å². The van der Waals surface area contributed by atoms with Crippen LogP contribution < -0.4 is 5.32 Å². The Morgan fingerprint density at radius 1 is 1.24 bits per heavy atom. The Hall–Kier alpha value is -1.40. The van der Waals surface area contributed by atoms with Crippen LogP contribution >= 0.6 is 23.1 Å². The molecule has 0 unspecified atom stereocenters. The first-order valence-electron chi connectivity index (χ1n) is 6.84. The van der Waals surface area contributed by atoms with E-state index in [0.717, 1.165) is 20.6 Å². The lowest BCUT2D eigenvalue weighted by atomic mass is 10.0. The predicted molar refractivity (Wildman–Crippen MR) is 89.1 cm³/mol. The molecule has 0 spiro atoms. The Morgan fingerprint density at radius 3 is 2.57 bits per heavy atom. The highest BCUT2D eigenvalue weighted by Gasteiger charge is 2.18. The molecule has 1 amide bonds. The maximum Gasteiger partial charge on any atom is 0.237 e. The molecular weight excluding hydrogens is 302 g/mol. The number of amides is 1. The molecule has 1 aromatic carbocycles. The summed E-state index contributed by atoms with van der Waals surface area (Å²) in [6.07, 6.45) is 0. The number of nitrogens with one attached hydrogen (secondary N) is 1. The Kier molecular flexibility index (Phi) is 5.36. The Labute approximate surface area is 133 Å². The van der Waals surface area contributed by atoms with Crippen molar-refractivity contribution in [1.29, 1.82) is 0 Å². The van der Waals surface area contributed by atoms with Crippen molar-refractivity contribution in [2.75, 3.05) is 5.32 Å². The van der Waals surface area contributed by atoms with Crippen LogP contribution in [0, 0.1) is 6.92 Å². The van der Waals surface area contributed by atoms with Gasteiger partial charge in [0, 0.05) is 5.69 Å². The lowest BCUT2D eigenvalue weighted by Crippen LogP contribution is -2.23. The normalized spacial score (nSPS) is 12.4. The molecule has 1 aromatic heterocycles. The largest absolute Gasteiger partial charge is 0.325 e. The molecule has 0 saturated carbocycles. The molecule has 6 heteroatoms. The minimum atomic E-state index is -0.211. The summed E-state index contributed by atoms with van der Waals surface area (Å²) >= 11 is 2.95. The lowest BCUT2D eigenvalue weighted by Gasteiger charge is -2.15. The van der Waals surface area contributed by atoms with Crippen LogP contribution in [0.1, 0.15) is 37.3 Å². The molecule has 2 aromatic rings. The molecule has 0 aliphatic rings. The fraction of sp³-hybridized carbons (Fsp3) is 0.400. The van der Waals surface area contributed by atoms with Gasteiger partial charge in [-0.1, -0.05) is 55.1 Å². The minimum Gasteiger partial charge on any atom is -0.325 e. The van der Waals surface area contributed by atoms with Crippen molar-refractivity contribution < 1.29 is 4.79 Å². The summed E-state index contributed by atoms with van der Waals surface area (Å²) in [5, 5.41) is 11.7. The van der Waals surface area contributed by atoms with Crippen molar-refractivity contribution in [3.8, 4) is 0 Å². The first-order chi connectivity index (χ1) is 9.97. The molecule has 0 bridgehead atoms. The molecule has 0 fully saturated rings. The Morgan fingerprint density at radius 2 is 1.95 bits per heavy atom. The second-order valence-corrected chi connectivity index (χ2v) is 7.85. The van der Waals surface area contributed by atoms with Crippen LogP contribution in [0.2, 0.25) is 0 Å².